The average molecular weight is 276 g/mol. The molecule has 0 bridgehead atoms. The van der Waals surface area contributed by atoms with Gasteiger partial charge in [-0.3, -0.25) is 10.1 Å². The van der Waals surface area contributed by atoms with Crippen LogP contribution in [0.3, 0.4) is 0 Å². The molecule has 2 fully saturated rings. The molecule has 1 heterocycles. The number of hydrogen-bond donors (Lipinski definition) is 1. The number of amides is 1. The van der Waals surface area contributed by atoms with Gasteiger partial charge in [-0.15, -0.1) is 0 Å². The zero-order valence-electron chi connectivity index (χ0n) is 12.0. The van der Waals surface area contributed by atoms with Crippen LogP contribution >= 0.6 is 0 Å². The smallest absolute Gasteiger partial charge is 0.241 e. The van der Waals surface area contributed by atoms with Gasteiger partial charge >= 0.3 is 0 Å². The molecule has 1 amide bonds. The minimum Gasteiger partial charge on any atom is -0.319 e. The number of carbonyl (C=O) groups excluding carboxylic acids is 1. The van der Waals surface area contributed by atoms with Crippen molar-refractivity contribution in [2.45, 2.75) is 51.4 Å². The Kier molecular flexibility index (Phi) is 3.50. The monoisotopic (exact) mass is 276 g/mol. The van der Waals surface area contributed by atoms with Crippen LogP contribution in [0, 0.1) is 11.7 Å². The number of nitrogens with zero attached hydrogens (tertiary/aromatic N) is 1. The minimum atomic E-state index is -0.243. The van der Waals surface area contributed by atoms with Crippen molar-refractivity contribution in [3.63, 3.8) is 0 Å². The van der Waals surface area contributed by atoms with Gasteiger partial charge in [0.05, 0.1) is 6.04 Å². The summed E-state index contributed by atoms with van der Waals surface area (Å²) < 4.78 is 13.1. The molecule has 1 aromatic carbocycles. The van der Waals surface area contributed by atoms with Gasteiger partial charge in [0.25, 0.3) is 0 Å². The highest BCUT2D eigenvalue weighted by Gasteiger charge is 2.42. The van der Waals surface area contributed by atoms with Gasteiger partial charge in [0, 0.05) is 6.04 Å². The molecule has 1 saturated carbocycles. The lowest BCUT2D eigenvalue weighted by Crippen LogP contribution is -2.38. The van der Waals surface area contributed by atoms with Crippen molar-refractivity contribution in [1.29, 1.82) is 0 Å². The Labute approximate surface area is 119 Å². The molecule has 1 aliphatic heterocycles. The number of carbonyl (C=O) groups is 1. The highest BCUT2D eigenvalue weighted by Crippen LogP contribution is 2.36. The van der Waals surface area contributed by atoms with Gasteiger partial charge in [0.15, 0.2) is 0 Å². The Morgan fingerprint density at radius 3 is 2.50 bits per heavy atom. The maximum absolute atomic E-state index is 13.1. The summed E-state index contributed by atoms with van der Waals surface area (Å²) in [6, 6.07) is 6.60. The number of rotatable bonds is 2. The lowest BCUT2D eigenvalue weighted by Gasteiger charge is -2.30. The van der Waals surface area contributed by atoms with Crippen LogP contribution in [0.2, 0.25) is 0 Å². The average Bonchev–Trinajstić information content (AvgIpc) is 2.96. The van der Waals surface area contributed by atoms with E-state index in [0.29, 0.717) is 12.0 Å². The van der Waals surface area contributed by atoms with Gasteiger partial charge in [-0.2, -0.15) is 0 Å². The summed E-state index contributed by atoms with van der Waals surface area (Å²) in [6.45, 7) is 4.14. The summed E-state index contributed by atoms with van der Waals surface area (Å²) in [5.41, 5.74) is 0.962. The number of nitrogens with one attached hydrogen (secondary N) is 1. The highest BCUT2D eigenvalue weighted by atomic mass is 19.1. The maximum Gasteiger partial charge on any atom is 0.241 e. The summed E-state index contributed by atoms with van der Waals surface area (Å²) in [6.07, 6.45) is 3.20. The summed E-state index contributed by atoms with van der Waals surface area (Å²) in [4.78, 5) is 14.4. The van der Waals surface area contributed by atoms with E-state index in [2.05, 4.69) is 12.2 Å². The zero-order valence-corrected chi connectivity index (χ0v) is 12.0. The quantitative estimate of drug-likeness (QED) is 0.901. The molecular weight excluding hydrogens is 255 g/mol. The zero-order chi connectivity index (χ0) is 14.3. The van der Waals surface area contributed by atoms with Crippen molar-refractivity contribution in [1.82, 2.24) is 10.2 Å². The first kappa shape index (κ1) is 13.6. The van der Waals surface area contributed by atoms with E-state index in [9.17, 15) is 9.18 Å². The van der Waals surface area contributed by atoms with E-state index >= 15 is 0 Å². The first-order chi connectivity index (χ1) is 9.56. The molecule has 20 heavy (non-hydrogen) atoms. The van der Waals surface area contributed by atoms with Crippen LogP contribution in [0.25, 0.3) is 0 Å². The fourth-order valence-electron chi connectivity index (χ4n) is 3.46. The van der Waals surface area contributed by atoms with E-state index in [4.69, 9.17) is 0 Å². The summed E-state index contributed by atoms with van der Waals surface area (Å²) in [7, 11) is 0. The Morgan fingerprint density at radius 2 is 1.90 bits per heavy atom. The first-order valence-electron chi connectivity index (χ1n) is 7.40. The van der Waals surface area contributed by atoms with E-state index in [1.165, 1.54) is 18.6 Å². The van der Waals surface area contributed by atoms with Crippen molar-refractivity contribution >= 4 is 5.91 Å². The van der Waals surface area contributed by atoms with Gasteiger partial charge in [-0.1, -0.05) is 19.1 Å². The second-order valence-electron chi connectivity index (χ2n) is 6.16. The van der Waals surface area contributed by atoms with E-state index in [-0.39, 0.29) is 23.9 Å². The van der Waals surface area contributed by atoms with Gasteiger partial charge in [0.1, 0.15) is 12.0 Å². The van der Waals surface area contributed by atoms with E-state index in [0.717, 1.165) is 18.4 Å². The predicted molar refractivity (Wildman–Crippen MR) is 75.4 cm³/mol. The molecule has 4 unspecified atom stereocenters. The first-order valence-corrected chi connectivity index (χ1v) is 7.40. The van der Waals surface area contributed by atoms with E-state index in [1.54, 1.807) is 12.1 Å². The molecule has 1 aromatic rings. The van der Waals surface area contributed by atoms with Crippen LogP contribution in [0.4, 0.5) is 4.39 Å². The van der Waals surface area contributed by atoms with Crippen molar-refractivity contribution in [2.75, 3.05) is 0 Å². The number of benzene rings is 1. The SMILES string of the molecule is CC1CCC(N2C(=O)C(C)NC2c2ccc(F)cc2)C1. The van der Waals surface area contributed by atoms with Gasteiger partial charge in [-0.25, -0.2) is 4.39 Å². The third-order valence-corrected chi connectivity index (χ3v) is 4.56. The van der Waals surface area contributed by atoms with Crippen molar-refractivity contribution < 1.29 is 9.18 Å². The second-order valence-corrected chi connectivity index (χ2v) is 6.16. The molecule has 4 heteroatoms. The van der Waals surface area contributed by atoms with Gasteiger partial charge in [-0.05, 0) is 49.8 Å². The van der Waals surface area contributed by atoms with Crippen LogP contribution in [0.15, 0.2) is 24.3 Å². The number of hydrogen-bond acceptors (Lipinski definition) is 2. The molecule has 0 spiro atoms. The van der Waals surface area contributed by atoms with Crippen LogP contribution in [0.1, 0.15) is 44.8 Å². The Balaban J connectivity index is 1.88. The molecule has 0 aromatic heterocycles. The molecule has 1 N–H and O–H groups in total. The van der Waals surface area contributed by atoms with Gasteiger partial charge < -0.3 is 4.90 Å². The molecule has 108 valence electrons. The topological polar surface area (TPSA) is 32.3 Å². The Hall–Kier alpha value is -1.42. The summed E-state index contributed by atoms with van der Waals surface area (Å²) in [5.74, 6) is 0.600. The Bertz CT molecular complexity index is 502. The van der Waals surface area contributed by atoms with Crippen LogP contribution in [0.5, 0.6) is 0 Å². The van der Waals surface area contributed by atoms with Crippen LogP contribution < -0.4 is 5.32 Å². The lowest BCUT2D eigenvalue weighted by atomic mass is 10.1. The Morgan fingerprint density at radius 1 is 1.20 bits per heavy atom. The standard InChI is InChI=1S/C16H21FN2O/c1-10-3-8-14(9-10)19-15(18-11(2)16(19)20)12-4-6-13(17)7-5-12/h4-7,10-11,14-15,18H,3,8-9H2,1-2H3. The van der Waals surface area contributed by atoms with E-state index < -0.39 is 0 Å². The molecule has 1 aliphatic carbocycles. The van der Waals surface area contributed by atoms with E-state index in [1.807, 2.05) is 11.8 Å². The molecule has 2 aliphatic rings. The second kappa shape index (κ2) is 5.17. The van der Waals surface area contributed by atoms with Crippen molar-refractivity contribution in [3.8, 4) is 0 Å². The largest absolute Gasteiger partial charge is 0.319 e. The molecule has 4 atom stereocenters. The summed E-state index contributed by atoms with van der Waals surface area (Å²) in [5, 5.41) is 3.34. The predicted octanol–water partition coefficient (Wildman–Crippen LogP) is 2.83. The summed E-state index contributed by atoms with van der Waals surface area (Å²) >= 11 is 0. The number of halogens is 1. The fourth-order valence-corrected chi connectivity index (χ4v) is 3.46. The van der Waals surface area contributed by atoms with Crippen LogP contribution in [-0.4, -0.2) is 22.9 Å². The third-order valence-electron chi connectivity index (χ3n) is 4.56. The highest BCUT2D eigenvalue weighted by molar-refractivity contribution is 5.84. The van der Waals surface area contributed by atoms with Gasteiger partial charge in [0.2, 0.25) is 5.91 Å². The molecular formula is C16H21FN2O. The lowest BCUT2D eigenvalue weighted by molar-refractivity contribution is -0.132. The molecule has 3 nitrogen and oxygen atoms in total. The van der Waals surface area contributed by atoms with Crippen molar-refractivity contribution in [3.05, 3.63) is 35.6 Å². The molecule has 0 radical (unpaired) electrons. The minimum absolute atomic E-state index is 0.117. The third kappa shape index (κ3) is 2.33. The molecule has 1 saturated heterocycles. The molecule has 3 rings (SSSR count). The van der Waals surface area contributed by atoms with Crippen molar-refractivity contribution in [2.24, 2.45) is 5.92 Å². The fraction of sp³-hybridized carbons (Fsp3) is 0.562. The van der Waals surface area contributed by atoms with Crippen LogP contribution in [-0.2, 0) is 4.79 Å². The normalized spacial score (nSPS) is 34.0. The maximum atomic E-state index is 13.1.